The smallest absolute Gasteiger partial charge is 0.255 e. The van der Waals surface area contributed by atoms with Crippen molar-refractivity contribution in [2.75, 3.05) is 24.1 Å². The molecular weight excluding hydrogens is 436 g/mol. The lowest BCUT2D eigenvalue weighted by Crippen LogP contribution is -2.17. The third-order valence-electron chi connectivity index (χ3n) is 6.08. The Morgan fingerprint density at radius 2 is 1.91 bits per heavy atom. The highest BCUT2D eigenvalue weighted by Crippen LogP contribution is 2.24. The molecule has 2 aromatic carbocycles. The van der Waals surface area contributed by atoms with Crippen LogP contribution in [0.3, 0.4) is 0 Å². The average molecular weight is 465 g/mol. The van der Waals surface area contributed by atoms with Gasteiger partial charge in [-0.25, -0.2) is 0 Å². The number of benzene rings is 2. The Balaban J connectivity index is 1.39. The lowest BCUT2D eigenvalue weighted by atomic mass is 10.0. The van der Waals surface area contributed by atoms with Gasteiger partial charge in [0.15, 0.2) is 0 Å². The zero-order chi connectivity index (χ0) is 24.8. The molecule has 1 aromatic heterocycles. The van der Waals surface area contributed by atoms with Gasteiger partial charge < -0.3 is 16.4 Å². The Labute approximate surface area is 205 Å². The number of nitrogens with one attached hydrogen (secondary N) is 2. The number of hydrogen-bond acceptors (Lipinski definition) is 6. The molecule has 4 rings (SSSR count). The van der Waals surface area contributed by atoms with Gasteiger partial charge in [-0.1, -0.05) is 24.3 Å². The number of rotatable bonds is 8. The van der Waals surface area contributed by atoms with Crippen LogP contribution in [0.2, 0.25) is 0 Å². The molecule has 0 fully saturated rings. The zero-order valence-electron chi connectivity index (χ0n) is 19.9. The van der Waals surface area contributed by atoms with Gasteiger partial charge in [-0.15, -0.1) is 0 Å². The molecule has 7 nitrogen and oxygen atoms in total. The first-order valence-electron chi connectivity index (χ1n) is 11.5. The van der Waals surface area contributed by atoms with Crippen LogP contribution in [0.15, 0.2) is 76.9 Å². The molecule has 0 saturated heterocycles. The van der Waals surface area contributed by atoms with Crippen molar-refractivity contribution in [3.8, 4) is 17.3 Å². The summed E-state index contributed by atoms with van der Waals surface area (Å²) in [5.41, 5.74) is 14.1. The minimum atomic E-state index is -0.255. The Hall–Kier alpha value is -4.28. The first-order chi connectivity index (χ1) is 17.0. The molecule has 0 radical (unpaired) electrons. The molecule has 0 bridgehead atoms. The molecule has 0 spiro atoms. The van der Waals surface area contributed by atoms with Gasteiger partial charge in [0.25, 0.3) is 5.91 Å². The molecule has 4 N–H and O–H groups in total. The SMILES string of the molecule is CC1=NCC(C)=C1CCNCc1cnc(-c2ccc(C(=O)Nc3ccccc3N)cc2)c(C#N)c1. The van der Waals surface area contributed by atoms with E-state index < -0.39 is 0 Å². The van der Waals surface area contributed by atoms with Crippen LogP contribution in [0.5, 0.6) is 0 Å². The van der Waals surface area contributed by atoms with Crippen molar-refractivity contribution < 1.29 is 4.79 Å². The normalized spacial score (nSPS) is 12.9. The lowest BCUT2D eigenvalue weighted by molar-refractivity contribution is 0.102. The second-order valence-corrected chi connectivity index (χ2v) is 8.56. The molecule has 0 saturated carbocycles. The van der Waals surface area contributed by atoms with Crippen LogP contribution in [0.25, 0.3) is 11.3 Å². The highest BCUT2D eigenvalue weighted by Gasteiger charge is 2.13. The van der Waals surface area contributed by atoms with E-state index in [2.05, 4.69) is 40.5 Å². The Morgan fingerprint density at radius 1 is 1.14 bits per heavy atom. The van der Waals surface area contributed by atoms with Crippen molar-refractivity contribution >= 4 is 23.0 Å². The monoisotopic (exact) mass is 464 g/mol. The van der Waals surface area contributed by atoms with Gasteiger partial charge in [-0.3, -0.25) is 14.8 Å². The number of hydrogen-bond donors (Lipinski definition) is 3. The molecule has 35 heavy (non-hydrogen) atoms. The van der Waals surface area contributed by atoms with Crippen LogP contribution in [0.1, 0.15) is 41.8 Å². The number of nitrogens with two attached hydrogens (primary N) is 1. The molecule has 0 atom stereocenters. The summed E-state index contributed by atoms with van der Waals surface area (Å²) in [6, 6.07) is 18.2. The largest absolute Gasteiger partial charge is 0.397 e. The van der Waals surface area contributed by atoms with E-state index >= 15 is 0 Å². The number of carbonyl (C=O) groups excluding carboxylic acids is 1. The summed E-state index contributed by atoms with van der Waals surface area (Å²) in [5.74, 6) is -0.255. The van der Waals surface area contributed by atoms with Crippen LogP contribution in [0, 0.1) is 11.3 Å². The molecule has 1 aliphatic heterocycles. The van der Waals surface area contributed by atoms with Crippen molar-refractivity contribution in [3.05, 3.63) is 88.6 Å². The fourth-order valence-electron chi connectivity index (χ4n) is 4.08. The van der Waals surface area contributed by atoms with E-state index in [1.807, 2.05) is 18.2 Å². The maximum Gasteiger partial charge on any atom is 0.255 e. The summed E-state index contributed by atoms with van der Waals surface area (Å²) in [5, 5.41) is 16.0. The van der Waals surface area contributed by atoms with Crippen LogP contribution in [-0.2, 0) is 6.54 Å². The van der Waals surface area contributed by atoms with Crippen molar-refractivity contribution in [1.82, 2.24) is 10.3 Å². The topological polar surface area (TPSA) is 116 Å². The van der Waals surface area contributed by atoms with E-state index in [-0.39, 0.29) is 5.91 Å². The minimum Gasteiger partial charge on any atom is -0.397 e. The average Bonchev–Trinajstić information content (AvgIpc) is 3.20. The molecule has 1 amide bonds. The fraction of sp³-hybridized carbons (Fsp3) is 0.214. The van der Waals surface area contributed by atoms with Crippen LogP contribution in [0.4, 0.5) is 11.4 Å². The summed E-state index contributed by atoms with van der Waals surface area (Å²) in [6.07, 6.45) is 2.73. The van der Waals surface area contributed by atoms with Crippen LogP contribution >= 0.6 is 0 Å². The van der Waals surface area contributed by atoms with E-state index in [1.54, 1.807) is 42.6 Å². The minimum absolute atomic E-state index is 0.255. The van der Waals surface area contributed by atoms with Crippen molar-refractivity contribution in [2.24, 2.45) is 4.99 Å². The Bertz CT molecular complexity index is 1350. The second-order valence-electron chi connectivity index (χ2n) is 8.56. The zero-order valence-corrected chi connectivity index (χ0v) is 19.9. The van der Waals surface area contributed by atoms with Crippen LogP contribution in [-0.4, -0.2) is 29.7 Å². The van der Waals surface area contributed by atoms with Gasteiger partial charge >= 0.3 is 0 Å². The lowest BCUT2D eigenvalue weighted by Gasteiger charge is -2.10. The summed E-state index contributed by atoms with van der Waals surface area (Å²) in [7, 11) is 0. The number of carbonyl (C=O) groups is 1. The predicted molar refractivity (Wildman–Crippen MR) is 140 cm³/mol. The number of para-hydroxylation sites is 2. The Kier molecular flexibility index (Phi) is 7.34. The van der Waals surface area contributed by atoms with Gasteiger partial charge in [-0.2, -0.15) is 5.26 Å². The second kappa shape index (κ2) is 10.8. The van der Waals surface area contributed by atoms with E-state index in [4.69, 9.17) is 5.73 Å². The number of nitrogens with zero attached hydrogens (tertiary/aromatic N) is 3. The number of pyridine rings is 1. The number of aromatic nitrogens is 1. The summed E-state index contributed by atoms with van der Waals surface area (Å²) in [6.45, 7) is 6.47. The quantitative estimate of drug-likeness (QED) is 0.329. The molecule has 0 aliphatic carbocycles. The molecular formula is C28H28N6O. The highest BCUT2D eigenvalue weighted by atomic mass is 16.1. The van der Waals surface area contributed by atoms with Gasteiger partial charge in [-0.05, 0) is 73.9 Å². The maximum absolute atomic E-state index is 12.6. The summed E-state index contributed by atoms with van der Waals surface area (Å²) < 4.78 is 0. The predicted octanol–water partition coefficient (Wildman–Crippen LogP) is 4.73. The summed E-state index contributed by atoms with van der Waals surface area (Å²) >= 11 is 0. The third kappa shape index (κ3) is 5.62. The molecule has 1 aliphatic rings. The number of nitrogen functional groups attached to an aromatic ring is 1. The number of nitriles is 1. The first-order valence-corrected chi connectivity index (χ1v) is 11.5. The summed E-state index contributed by atoms with van der Waals surface area (Å²) in [4.78, 5) is 21.6. The number of amides is 1. The maximum atomic E-state index is 12.6. The standard InChI is InChI=1S/C28H28N6O/c1-18-15-32-19(2)24(18)11-12-31-16-20-13-23(14-29)27(33-17-20)21-7-9-22(10-8-21)28(35)34-26-6-4-3-5-25(26)30/h3-10,13,17,31H,11-12,15-16,30H2,1-2H3,(H,34,35). The first kappa shape index (κ1) is 23.9. The molecule has 7 heteroatoms. The Morgan fingerprint density at radius 3 is 2.60 bits per heavy atom. The van der Waals surface area contributed by atoms with E-state index in [0.717, 1.165) is 36.3 Å². The molecule has 0 unspecified atom stereocenters. The van der Waals surface area contributed by atoms with Crippen molar-refractivity contribution in [1.29, 1.82) is 5.26 Å². The number of anilines is 2. The van der Waals surface area contributed by atoms with Gasteiger partial charge in [0, 0.05) is 29.6 Å². The highest BCUT2D eigenvalue weighted by molar-refractivity contribution is 6.06. The van der Waals surface area contributed by atoms with Gasteiger partial charge in [0.2, 0.25) is 0 Å². The van der Waals surface area contributed by atoms with Crippen LogP contribution < -0.4 is 16.4 Å². The van der Waals surface area contributed by atoms with Crippen molar-refractivity contribution in [2.45, 2.75) is 26.8 Å². The third-order valence-corrected chi connectivity index (χ3v) is 6.08. The molecule has 3 aromatic rings. The van der Waals surface area contributed by atoms with E-state index in [0.29, 0.717) is 34.7 Å². The number of aliphatic imine (C=N–C) groups is 1. The van der Waals surface area contributed by atoms with E-state index in [9.17, 15) is 10.1 Å². The van der Waals surface area contributed by atoms with Crippen molar-refractivity contribution in [3.63, 3.8) is 0 Å². The molecule has 2 heterocycles. The van der Waals surface area contributed by atoms with Gasteiger partial charge in [0.1, 0.15) is 6.07 Å². The molecule has 176 valence electrons. The fourth-order valence-corrected chi connectivity index (χ4v) is 4.08. The van der Waals surface area contributed by atoms with E-state index in [1.165, 1.54) is 11.1 Å². The van der Waals surface area contributed by atoms with Gasteiger partial charge in [0.05, 0.1) is 29.2 Å².